The van der Waals surface area contributed by atoms with Gasteiger partial charge in [0.25, 0.3) is 0 Å². The summed E-state index contributed by atoms with van der Waals surface area (Å²) in [6.45, 7) is 6.67. The molecule has 0 spiro atoms. The molecule has 2 nitrogen and oxygen atoms in total. The molecule has 0 bridgehead atoms. The maximum atomic E-state index is 11.5. The molecule has 0 fully saturated rings. The maximum Gasteiger partial charge on any atom is 0.333 e. The minimum absolute atomic E-state index is 0.151. The van der Waals surface area contributed by atoms with Gasteiger partial charge in [0.05, 0.1) is 6.61 Å². The van der Waals surface area contributed by atoms with Crippen molar-refractivity contribution < 1.29 is 9.53 Å². The van der Waals surface area contributed by atoms with Crippen LogP contribution in [-0.2, 0) is 9.53 Å². The highest BCUT2D eigenvalue weighted by atomic mass is 16.5. The molecule has 0 aromatic rings. The first-order valence-electron chi connectivity index (χ1n) is 8.06. The highest BCUT2D eigenvalue weighted by Crippen LogP contribution is 2.09. The molecule has 0 amide bonds. The Bertz CT molecular complexity index is 244. The van der Waals surface area contributed by atoms with Gasteiger partial charge in [-0.15, -0.1) is 0 Å². The van der Waals surface area contributed by atoms with Crippen molar-refractivity contribution in [2.75, 3.05) is 6.61 Å². The first-order chi connectivity index (χ1) is 9.22. The number of esters is 1. The van der Waals surface area contributed by atoms with Crippen molar-refractivity contribution in [3.63, 3.8) is 0 Å². The first kappa shape index (κ1) is 18.2. The van der Waals surface area contributed by atoms with Crippen LogP contribution in [0.2, 0.25) is 0 Å². The average molecular weight is 268 g/mol. The van der Waals surface area contributed by atoms with Crippen molar-refractivity contribution in [2.45, 2.75) is 85.0 Å². The molecule has 0 aliphatic rings. The predicted molar refractivity (Wildman–Crippen MR) is 82.2 cm³/mol. The highest BCUT2D eigenvalue weighted by Gasteiger charge is 2.03. The van der Waals surface area contributed by atoms with Gasteiger partial charge in [0.1, 0.15) is 0 Å². The molecule has 0 radical (unpaired) electrons. The van der Waals surface area contributed by atoms with E-state index in [1.165, 1.54) is 51.4 Å². The smallest absolute Gasteiger partial charge is 0.333 e. The van der Waals surface area contributed by atoms with Crippen molar-refractivity contribution in [3.05, 3.63) is 11.6 Å². The number of rotatable bonds is 12. The molecule has 19 heavy (non-hydrogen) atoms. The zero-order valence-electron chi connectivity index (χ0n) is 13.2. The third kappa shape index (κ3) is 12.0. The lowest BCUT2D eigenvalue weighted by Gasteiger charge is -2.05. The van der Waals surface area contributed by atoms with Gasteiger partial charge in [-0.3, -0.25) is 0 Å². The number of hydrogen-bond donors (Lipinski definition) is 0. The molecule has 0 heterocycles. The standard InChI is InChI=1S/C17H32O2/c1-4-6-7-8-9-10-11-12-13-15-19-17(18)16(3)14-5-2/h14H,4-13,15H2,1-3H3. The Morgan fingerprint density at radius 2 is 1.42 bits per heavy atom. The summed E-state index contributed by atoms with van der Waals surface area (Å²) in [5.41, 5.74) is 0.735. The van der Waals surface area contributed by atoms with Crippen molar-refractivity contribution in [2.24, 2.45) is 0 Å². The lowest BCUT2D eigenvalue weighted by atomic mass is 10.1. The van der Waals surface area contributed by atoms with Gasteiger partial charge in [-0.25, -0.2) is 4.79 Å². The van der Waals surface area contributed by atoms with Gasteiger partial charge in [-0.1, -0.05) is 71.3 Å². The quantitative estimate of drug-likeness (QED) is 0.268. The topological polar surface area (TPSA) is 26.3 Å². The van der Waals surface area contributed by atoms with Crippen LogP contribution in [0.4, 0.5) is 0 Å². The van der Waals surface area contributed by atoms with E-state index in [1.54, 1.807) is 0 Å². The molecule has 0 aromatic carbocycles. The predicted octanol–water partition coefficient (Wildman–Crippen LogP) is 5.42. The van der Waals surface area contributed by atoms with Gasteiger partial charge in [0.15, 0.2) is 0 Å². The van der Waals surface area contributed by atoms with Gasteiger partial charge < -0.3 is 4.74 Å². The van der Waals surface area contributed by atoms with Gasteiger partial charge in [-0.05, 0) is 19.8 Å². The minimum atomic E-state index is -0.151. The van der Waals surface area contributed by atoms with E-state index < -0.39 is 0 Å². The highest BCUT2D eigenvalue weighted by molar-refractivity contribution is 5.87. The van der Waals surface area contributed by atoms with E-state index >= 15 is 0 Å². The average Bonchev–Trinajstić information content (AvgIpc) is 2.41. The number of hydrogen-bond acceptors (Lipinski definition) is 2. The normalized spacial score (nSPS) is 11.6. The zero-order chi connectivity index (χ0) is 14.3. The Balaban J connectivity index is 3.27. The summed E-state index contributed by atoms with van der Waals surface area (Å²) in [4.78, 5) is 11.5. The van der Waals surface area contributed by atoms with Crippen LogP contribution < -0.4 is 0 Å². The first-order valence-corrected chi connectivity index (χ1v) is 8.06. The summed E-state index contributed by atoms with van der Waals surface area (Å²) in [6, 6.07) is 0. The number of ether oxygens (including phenoxy) is 1. The zero-order valence-corrected chi connectivity index (χ0v) is 13.2. The van der Waals surface area contributed by atoms with Crippen molar-refractivity contribution in [3.8, 4) is 0 Å². The van der Waals surface area contributed by atoms with E-state index in [2.05, 4.69) is 6.92 Å². The largest absolute Gasteiger partial charge is 0.462 e. The molecular weight excluding hydrogens is 236 g/mol. The van der Waals surface area contributed by atoms with Crippen LogP contribution in [0.15, 0.2) is 11.6 Å². The molecule has 0 saturated heterocycles. The molecule has 112 valence electrons. The monoisotopic (exact) mass is 268 g/mol. The summed E-state index contributed by atoms with van der Waals surface area (Å²) in [5.74, 6) is -0.151. The molecule has 0 aromatic heterocycles. The number of carbonyl (C=O) groups is 1. The molecule has 0 N–H and O–H groups in total. The Kier molecular flexibility index (Phi) is 13.1. The Labute approximate surface area is 119 Å². The van der Waals surface area contributed by atoms with Gasteiger partial charge >= 0.3 is 5.97 Å². The lowest BCUT2D eigenvalue weighted by Crippen LogP contribution is -2.07. The summed E-state index contributed by atoms with van der Waals surface area (Å²) in [7, 11) is 0. The molecule has 0 unspecified atom stereocenters. The summed E-state index contributed by atoms with van der Waals surface area (Å²) in [5, 5.41) is 0. The van der Waals surface area contributed by atoms with Crippen molar-refractivity contribution in [1.29, 1.82) is 0 Å². The molecular formula is C17H32O2. The summed E-state index contributed by atoms with van der Waals surface area (Å²) < 4.78 is 5.21. The number of unbranched alkanes of at least 4 members (excludes halogenated alkanes) is 8. The second-order valence-corrected chi connectivity index (χ2v) is 5.26. The Hall–Kier alpha value is -0.790. The molecule has 0 aliphatic heterocycles. The van der Waals surface area contributed by atoms with Crippen LogP contribution >= 0.6 is 0 Å². The fourth-order valence-corrected chi connectivity index (χ4v) is 2.08. The van der Waals surface area contributed by atoms with Gasteiger partial charge in [0, 0.05) is 5.57 Å². The molecule has 0 aliphatic carbocycles. The third-order valence-corrected chi connectivity index (χ3v) is 3.31. The van der Waals surface area contributed by atoms with E-state index in [0.717, 1.165) is 18.4 Å². The fraction of sp³-hybridized carbons (Fsp3) is 0.824. The molecule has 2 heteroatoms. The SMILES string of the molecule is CCC=C(C)C(=O)OCCCCCCCCCCC. The fourth-order valence-electron chi connectivity index (χ4n) is 2.08. The summed E-state index contributed by atoms with van der Waals surface area (Å²) in [6.07, 6.45) is 14.4. The van der Waals surface area contributed by atoms with Crippen LogP contribution in [0.1, 0.15) is 85.0 Å². The van der Waals surface area contributed by atoms with Crippen LogP contribution in [-0.4, -0.2) is 12.6 Å². The lowest BCUT2D eigenvalue weighted by molar-refractivity contribution is -0.139. The van der Waals surface area contributed by atoms with Crippen molar-refractivity contribution in [1.82, 2.24) is 0 Å². The Morgan fingerprint density at radius 3 is 1.95 bits per heavy atom. The van der Waals surface area contributed by atoms with E-state index in [9.17, 15) is 4.79 Å². The molecule has 0 atom stereocenters. The van der Waals surface area contributed by atoms with E-state index in [4.69, 9.17) is 4.74 Å². The number of allylic oxidation sites excluding steroid dienone is 1. The van der Waals surface area contributed by atoms with E-state index in [-0.39, 0.29) is 5.97 Å². The van der Waals surface area contributed by atoms with Crippen LogP contribution in [0.25, 0.3) is 0 Å². The second-order valence-electron chi connectivity index (χ2n) is 5.26. The second kappa shape index (κ2) is 13.6. The van der Waals surface area contributed by atoms with Crippen LogP contribution in [0, 0.1) is 0 Å². The Morgan fingerprint density at radius 1 is 0.895 bits per heavy atom. The van der Waals surface area contributed by atoms with E-state index in [1.807, 2.05) is 19.9 Å². The molecule has 0 saturated carbocycles. The number of carbonyl (C=O) groups excluding carboxylic acids is 1. The molecule has 0 rings (SSSR count). The third-order valence-electron chi connectivity index (χ3n) is 3.31. The summed E-state index contributed by atoms with van der Waals surface area (Å²) >= 11 is 0. The van der Waals surface area contributed by atoms with E-state index in [0.29, 0.717) is 6.61 Å². The van der Waals surface area contributed by atoms with Crippen LogP contribution in [0.3, 0.4) is 0 Å². The minimum Gasteiger partial charge on any atom is -0.462 e. The van der Waals surface area contributed by atoms with Crippen molar-refractivity contribution >= 4 is 5.97 Å². The maximum absolute atomic E-state index is 11.5. The van der Waals surface area contributed by atoms with Gasteiger partial charge in [-0.2, -0.15) is 0 Å². The van der Waals surface area contributed by atoms with Gasteiger partial charge in [0.2, 0.25) is 0 Å². The van der Waals surface area contributed by atoms with Crippen LogP contribution in [0.5, 0.6) is 0 Å².